The highest BCUT2D eigenvalue weighted by Gasteiger charge is 2.35. The summed E-state index contributed by atoms with van der Waals surface area (Å²) in [6.45, 7) is 5.12. The molecule has 4 aromatic rings. The van der Waals surface area contributed by atoms with Crippen molar-refractivity contribution < 1.29 is 24.2 Å². The number of Topliss-reactive ketones (excluding diaryl/α,β-unsaturated/α-hetero) is 1. The van der Waals surface area contributed by atoms with Gasteiger partial charge >= 0.3 is 0 Å². The molecule has 0 radical (unpaired) electrons. The van der Waals surface area contributed by atoms with E-state index in [1.807, 2.05) is 54.3 Å². The van der Waals surface area contributed by atoms with Crippen LogP contribution < -0.4 is 9.47 Å². The van der Waals surface area contributed by atoms with Gasteiger partial charge < -0.3 is 19.5 Å². The Morgan fingerprint density at radius 1 is 1.07 bits per heavy atom. The minimum absolute atomic E-state index is 0.0671. The Kier molecular flexibility index (Phi) is 7.79. The second-order valence-electron chi connectivity index (χ2n) is 10.6. The maximum atomic E-state index is 13.6. The predicted octanol–water partition coefficient (Wildman–Crippen LogP) is 4.22. The first-order valence-corrected chi connectivity index (χ1v) is 13.3. The van der Waals surface area contributed by atoms with Crippen LogP contribution in [0, 0.1) is 12.3 Å². The van der Waals surface area contributed by atoms with E-state index in [0.717, 1.165) is 21.9 Å². The molecule has 1 amide bonds. The van der Waals surface area contributed by atoms with Gasteiger partial charge in [0, 0.05) is 47.0 Å². The fourth-order valence-electron chi connectivity index (χ4n) is 5.34. The summed E-state index contributed by atoms with van der Waals surface area (Å²) in [4.78, 5) is 28.9. The molecule has 0 aliphatic carbocycles. The Morgan fingerprint density at radius 2 is 1.88 bits per heavy atom. The second-order valence-corrected chi connectivity index (χ2v) is 10.6. The van der Waals surface area contributed by atoms with Crippen LogP contribution in [-0.2, 0) is 0 Å². The number of aliphatic hydroxyl groups is 1. The number of aliphatic hydroxyl groups excluding tert-OH is 1. The summed E-state index contributed by atoms with van der Waals surface area (Å²) >= 11 is 0. The van der Waals surface area contributed by atoms with Crippen LogP contribution in [0.1, 0.15) is 52.5 Å². The summed E-state index contributed by atoms with van der Waals surface area (Å²) < 4.78 is 11.3. The molecule has 5 rings (SSSR count). The number of carbonyl (C=O) groups is 2. The smallest absolute Gasteiger partial charge is 0.254 e. The second kappa shape index (κ2) is 11.4. The zero-order chi connectivity index (χ0) is 28.3. The van der Waals surface area contributed by atoms with Gasteiger partial charge in [-0.15, -0.1) is 10.2 Å². The number of nitrogens with one attached hydrogen (secondary N) is 1. The van der Waals surface area contributed by atoms with Gasteiger partial charge in [0.05, 0.1) is 13.7 Å². The van der Waals surface area contributed by atoms with Gasteiger partial charge in [-0.05, 0) is 60.2 Å². The molecule has 1 fully saturated rings. The maximum absolute atomic E-state index is 13.6. The number of tetrazole rings is 1. The Bertz CT molecular complexity index is 1530. The number of carbonyl (C=O) groups excluding carboxylic acids is 2. The minimum Gasteiger partial charge on any atom is -0.496 e. The summed E-state index contributed by atoms with van der Waals surface area (Å²) in [5, 5.41) is 25.0. The molecule has 1 aliphatic heterocycles. The highest BCUT2D eigenvalue weighted by Crippen LogP contribution is 2.38. The summed E-state index contributed by atoms with van der Waals surface area (Å²) in [5.41, 5.74) is 2.56. The number of benzene rings is 3. The van der Waals surface area contributed by atoms with E-state index in [0.29, 0.717) is 60.8 Å². The molecule has 0 unspecified atom stereocenters. The van der Waals surface area contributed by atoms with Crippen LogP contribution in [0.5, 0.6) is 11.5 Å². The zero-order valence-electron chi connectivity index (χ0n) is 22.9. The third kappa shape index (κ3) is 5.53. The van der Waals surface area contributed by atoms with Gasteiger partial charge in [-0.2, -0.15) is 5.21 Å². The molecule has 10 nitrogen and oxygen atoms in total. The van der Waals surface area contributed by atoms with Gasteiger partial charge in [-0.3, -0.25) is 9.59 Å². The molecule has 3 aromatic carbocycles. The minimum atomic E-state index is -0.232. The normalized spacial score (nSPS) is 14.8. The van der Waals surface area contributed by atoms with Gasteiger partial charge in [0.1, 0.15) is 18.1 Å². The largest absolute Gasteiger partial charge is 0.496 e. The van der Waals surface area contributed by atoms with Crippen molar-refractivity contribution in [2.45, 2.75) is 33.1 Å². The number of fused-ring (bicyclic) bond motifs is 1. The average molecular weight is 544 g/mol. The molecule has 1 saturated heterocycles. The quantitative estimate of drug-likeness (QED) is 0.300. The molecule has 208 valence electrons. The summed E-state index contributed by atoms with van der Waals surface area (Å²) in [5.74, 6) is 1.59. The third-order valence-corrected chi connectivity index (χ3v) is 7.72. The zero-order valence-corrected chi connectivity index (χ0v) is 22.9. The van der Waals surface area contributed by atoms with Gasteiger partial charge in [0.2, 0.25) is 5.82 Å². The molecule has 1 aliphatic rings. The number of aromatic nitrogens is 4. The van der Waals surface area contributed by atoms with Crippen molar-refractivity contribution in [3.63, 3.8) is 0 Å². The van der Waals surface area contributed by atoms with Gasteiger partial charge in [-0.1, -0.05) is 31.2 Å². The lowest BCUT2D eigenvalue weighted by Gasteiger charge is -2.39. The Hall–Kier alpha value is -4.31. The van der Waals surface area contributed by atoms with Crippen LogP contribution in [0.25, 0.3) is 22.2 Å². The number of hydrogen-bond donors (Lipinski definition) is 2. The highest BCUT2D eigenvalue weighted by atomic mass is 16.5. The summed E-state index contributed by atoms with van der Waals surface area (Å²) in [6.07, 6.45) is 1.80. The Balaban J connectivity index is 1.31. The maximum Gasteiger partial charge on any atom is 0.254 e. The fourth-order valence-corrected chi connectivity index (χ4v) is 5.34. The highest BCUT2D eigenvalue weighted by molar-refractivity contribution is 6.03. The topological polar surface area (TPSA) is 131 Å². The first kappa shape index (κ1) is 27.3. The van der Waals surface area contributed by atoms with Crippen LogP contribution in [0.4, 0.5) is 0 Å². The van der Waals surface area contributed by atoms with Crippen LogP contribution in [0.3, 0.4) is 0 Å². The molecule has 0 spiro atoms. The van der Waals surface area contributed by atoms with Crippen molar-refractivity contribution in [1.82, 2.24) is 25.5 Å². The first-order chi connectivity index (χ1) is 19.3. The van der Waals surface area contributed by atoms with E-state index in [1.165, 1.54) is 0 Å². The van der Waals surface area contributed by atoms with Crippen LogP contribution in [-0.4, -0.2) is 75.7 Å². The van der Waals surface area contributed by atoms with Gasteiger partial charge in [-0.25, -0.2) is 0 Å². The molecular formula is C30H33N5O5. The molecular weight excluding hydrogens is 510 g/mol. The van der Waals surface area contributed by atoms with E-state index in [9.17, 15) is 14.7 Å². The molecule has 0 bridgehead atoms. The lowest BCUT2D eigenvalue weighted by atomic mass is 9.75. The molecule has 2 N–H and O–H groups in total. The van der Waals surface area contributed by atoms with E-state index in [-0.39, 0.29) is 30.3 Å². The molecule has 2 heterocycles. The van der Waals surface area contributed by atoms with Crippen molar-refractivity contribution >= 4 is 22.5 Å². The number of hydrogen-bond acceptors (Lipinski definition) is 8. The van der Waals surface area contributed by atoms with Gasteiger partial charge in [0.15, 0.2) is 5.78 Å². The van der Waals surface area contributed by atoms with Crippen LogP contribution >= 0.6 is 0 Å². The van der Waals surface area contributed by atoms with E-state index in [2.05, 4.69) is 27.5 Å². The molecule has 0 atom stereocenters. The lowest BCUT2D eigenvalue weighted by Crippen LogP contribution is -2.42. The number of nitrogens with zero attached hydrogens (tertiary/aromatic N) is 4. The predicted molar refractivity (Wildman–Crippen MR) is 150 cm³/mol. The van der Waals surface area contributed by atoms with Crippen LogP contribution in [0.15, 0.2) is 48.5 Å². The third-order valence-electron chi connectivity index (χ3n) is 7.72. The Morgan fingerprint density at radius 3 is 2.58 bits per heavy atom. The molecule has 40 heavy (non-hydrogen) atoms. The monoisotopic (exact) mass is 543 g/mol. The lowest BCUT2D eigenvalue weighted by molar-refractivity contribution is 0.0576. The number of aryl methyl sites for hydroxylation is 1. The Labute approximate surface area is 232 Å². The summed E-state index contributed by atoms with van der Waals surface area (Å²) in [6, 6.07) is 14.8. The molecule has 0 saturated carbocycles. The standard InChI is InChI=1S/C30H33N5O5/c1-19-7-8-20(28-31-33-34-32-28)15-23(19)25(37)18-30(2)9-11-35(12-10-30)29(38)21-16-24-22(5-4-6-26(24)39-3)27(17-21)40-14-13-36/h4-8,15-17,36H,9-14,18H2,1-3H3,(H,31,32,33,34). The van der Waals surface area contributed by atoms with E-state index in [4.69, 9.17) is 9.47 Å². The fraction of sp³-hybridized carbons (Fsp3) is 0.367. The first-order valence-electron chi connectivity index (χ1n) is 13.3. The number of amides is 1. The number of piperidine rings is 1. The van der Waals surface area contributed by atoms with Crippen LogP contribution in [0.2, 0.25) is 0 Å². The number of likely N-dealkylation sites (tertiary alicyclic amines) is 1. The number of methoxy groups -OCH3 is 1. The van der Waals surface area contributed by atoms with E-state index >= 15 is 0 Å². The number of H-pyrrole nitrogens is 1. The van der Waals surface area contributed by atoms with Crippen molar-refractivity contribution in [2.75, 3.05) is 33.4 Å². The van der Waals surface area contributed by atoms with E-state index in [1.54, 1.807) is 13.2 Å². The number of ketones is 1. The van der Waals surface area contributed by atoms with Crippen molar-refractivity contribution in [1.29, 1.82) is 0 Å². The van der Waals surface area contributed by atoms with Crippen molar-refractivity contribution in [3.05, 3.63) is 65.2 Å². The number of rotatable bonds is 9. The van der Waals surface area contributed by atoms with E-state index < -0.39 is 0 Å². The SMILES string of the molecule is COc1cccc2c(OCCO)cc(C(=O)N3CCC(C)(CC(=O)c4cc(-c5nn[nH]n5)ccc4C)CC3)cc12. The summed E-state index contributed by atoms with van der Waals surface area (Å²) in [7, 11) is 1.59. The van der Waals surface area contributed by atoms with Gasteiger partial charge in [0.25, 0.3) is 5.91 Å². The van der Waals surface area contributed by atoms with Crippen molar-refractivity contribution in [3.8, 4) is 22.9 Å². The average Bonchev–Trinajstić information content (AvgIpc) is 3.50. The molecule has 10 heteroatoms. The van der Waals surface area contributed by atoms with Crippen molar-refractivity contribution in [2.24, 2.45) is 5.41 Å². The molecule has 1 aromatic heterocycles. The number of aromatic amines is 1. The number of ether oxygens (including phenoxy) is 2.